The van der Waals surface area contributed by atoms with Crippen molar-refractivity contribution >= 4 is 26.6 Å². The van der Waals surface area contributed by atoms with E-state index in [4.69, 9.17) is 9.47 Å². The second kappa shape index (κ2) is 7.44. The Morgan fingerprint density at radius 3 is 2.59 bits per heavy atom. The number of nitrogens with one attached hydrogen (secondary N) is 1. The Bertz CT molecular complexity index is 1230. The first kappa shape index (κ1) is 19.3. The molecule has 1 aliphatic rings. The van der Waals surface area contributed by atoms with Crippen LogP contribution in [0.2, 0.25) is 0 Å². The van der Waals surface area contributed by atoms with E-state index in [1.165, 1.54) is 12.1 Å². The third-order valence-corrected chi connectivity index (χ3v) is 6.37. The molecular weight excluding hydrogens is 392 g/mol. The molecule has 2 aromatic carbocycles. The number of anilines is 1. The lowest BCUT2D eigenvalue weighted by atomic mass is 10.1. The highest BCUT2D eigenvalue weighted by atomic mass is 32.2. The van der Waals surface area contributed by atoms with E-state index in [1.54, 1.807) is 42.0 Å². The van der Waals surface area contributed by atoms with Crippen LogP contribution in [0.4, 0.5) is 5.69 Å². The Labute approximate surface area is 168 Å². The minimum atomic E-state index is -3.89. The number of rotatable bonds is 4. The number of hydrogen-bond acceptors (Lipinski definition) is 5. The van der Waals surface area contributed by atoms with Gasteiger partial charge in [-0.2, -0.15) is 0 Å². The molecule has 8 heteroatoms. The van der Waals surface area contributed by atoms with E-state index in [0.29, 0.717) is 35.6 Å². The maximum absolute atomic E-state index is 13.2. The lowest BCUT2D eigenvalue weighted by Crippen LogP contribution is -2.27. The molecule has 2 heterocycles. The summed E-state index contributed by atoms with van der Waals surface area (Å²) in [5.74, 6) is 1.05. The van der Waals surface area contributed by atoms with E-state index in [9.17, 15) is 13.2 Å². The SMILES string of the molecule is COc1ccc2cc(NS(=O)(=O)c3ccc(C)cc3)c(=O)n3c2c1OCCCC3. The topological polar surface area (TPSA) is 86.6 Å². The van der Waals surface area contributed by atoms with Gasteiger partial charge in [-0.15, -0.1) is 0 Å². The normalized spacial score (nSPS) is 14.0. The Kier molecular flexibility index (Phi) is 4.96. The average molecular weight is 414 g/mol. The first-order valence-corrected chi connectivity index (χ1v) is 10.9. The molecule has 1 aliphatic heterocycles. The molecule has 3 aromatic rings. The fraction of sp³-hybridized carbons (Fsp3) is 0.286. The monoisotopic (exact) mass is 414 g/mol. The molecule has 0 saturated carbocycles. The Hall–Kier alpha value is -3.00. The van der Waals surface area contributed by atoms with Crippen molar-refractivity contribution in [2.75, 3.05) is 18.4 Å². The van der Waals surface area contributed by atoms with Crippen LogP contribution in [0.25, 0.3) is 10.9 Å². The van der Waals surface area contributed by atoms with Crippen LogP contribution in [-0.2, 0) is 16.6 Å². The smallest absolute Gasteiger partial charge is 0.275 e. The third-order valence-electron chi connectivity index (χ3n) is 4.99. The number of aryl methyl sites for hydroxylation is 2. The van der Waals surface area contributed by atoms with Crippen LogP contribution < -0.4 is 19.8 Å². The molecule has 7 nitrogen and oxygen atoms in total. The standard InChI is InChI=1S/C21H22N2O5S/c1-14-5-8-16(9-6-14)29(25,26)22-17-13-15-7-10-18(27-2)20-19(15)23(21(17)24)11-3-4-12-28-20/h5-10,13,22H,3-4,11-12H2,1-2H3. The highest BCUT2D eigenvalue weighted by Crippen LogP contribution is 2.37. The van der Waals surface area contributed by atoms with Gasteiger partial charge in [0, 0.05) is 11.9 Å². The molecule has 1 aromatic heterocycles. The van der Waals surface area contributed by atoms with Gasteiger partial charge in [-0.05, 0) is 50.1 Å². The molecule has 0 saturated heterocycles. The Morgan fingerprint density at radius 1 is 1.10 bits per heavy atom. The molecular formula is C21H22N2O5S. The first-order chi connectivity index (χ1) is 13.9. The minimum absolute atomic E-state index is 0.00904. The molecule has 0 fully saturated rings. The van der Waals surface area contributed by atoms with E-state index < -0.39 is 15.6 Å². The second-order valence-electron chi connectivity index (χ2n) is 7.02. The van der Waals surface area contributed by atoms with Crippen molar-refractivity contribution in [3.8, 4) is 11.5 Å². The maximum Gasteiger partial charge on any atom is 0.275 e. The molecule has 0 amide bonds. The van der Waals surface area contributed by atoms with Gasteiger partial charge in [0.05, 0.1) is 24.1 Å². The van der Waals surface area contributed by atoms with E-state index in [0.717, 1.165) is 18.4 Å². The molecule has 29 heavy (non-hydrogen) atoms. The lowest BCUT2D eigenvalue weighted by Gasteiger charge is -2.21. The lowest BCUT2D eigenvalue weighted by molar-refractivity contribution is 0.280. The van der Waals surface area contributed by atoms with E-state index >= 15 is 0 Å². The summed E-state index contributed by atoms with van der Waals surface area (Å²) in [7, 11) is -2.34. The first-order valence-electron chi connectivity index (χ1n) is 9.37. The van der Waals surface area contributed by atoms with E-state index in [2.05, 4.69) is 4.72 Å². The number of pyridine rings is 1. The molecule has 0 spiro atoms. The van der Waals surface area contributed by atoms with Crippen molar-refractivity contribution in [3.63, 3.8) is 0 Å². The van der Waals surface area contributed by atoms with Gasteiger partial charge in [0.15, 0.2) is 11.5 Å². The summed E-state index contributed by atoms with van der Waals surface area (Å²) in [5.41, 5.74) is 1.17. The molecule has 0 unspecified atom stereocenters. The zero-order valence-electron chi connectivity index (χ0n) is 16.3. The highest BCUT2D eigenvalue weighted by Gasteiger charge is 2.22. The van der Waals surface area contributed by atoms with Crippen LogP contribution in [0.3, 0.4) is 0 Å². The van der Waals surface area contributed by atoms with Crippen LogP contribution in [-0.4, -0.2) is 26.7 Å². The van der Waals surface area contributed by atoms with Gasteiger partial charge in [-0.1, -0.05) is 17.7 Å². The number of ether oxygens (including phenoxy) is 2. The minimum Gasteiger partial charge on any atom is -0.493 e. The summed E-state index contributed by atoms with van der Waals surface area (Å²) in [6.07, 6.45) is 1.53. The highest BCUT2D eigenvalue weighted by molar-refractivity contribution is 7.92. The number of benzene rings is 2. The van der Waals surface area contributed by atoms with Crippen molar-refractivity contribution in [2.24, 2.45) is 0 Å². The van der Waals surface area contributed by atoms with Gasteiger partial charge >= 0.3 is 0 Å². The molecule has 0 aliphatic carbocycles. The molecule has 1 N–H and O–H groups in total. The Balaban J connectivity index is 1.88. The van der Waals surface area contributed by atoms with Crippen LogP contribution in [0.5, 0.6) is 11.5 Å². The van der Waals surface area contributed by atoms with Gasteiger partial charge in [0.2, 0.25) is 0 Å². The summed E-state index contributed by atoms with van der Waals surface area (Å²) < 4.78 is 40.9. The molecule has 0 bridgehead atoms. The number of sulfonamides is 1. The zero-order valence-corrected chi connectivity index (χ0v) is 17.1. The van der Waals surface area contributed by atoms with Crippen molar-refractivity contribution in [3.05, 3.63) is 58.4 Å². The molecule has 152 valence electrons. The van der Waals surface area contributed by atoms with E-state index in [-0.39, 0.29) is 10.6 Å². The predicted molar refractivity (Wildman–Crippen MR) is 111 cm³/mol. The van der Waals surface area contributed by atoms with Crippen molar-refractivity contribution < 1.29 is 17.9 Å². The average Bonchev–Trinajstić information content (AvgIpc) is 2.67. The number of aromatic nitrogens is 1. The third kappa shape index (κ3) is 3.55. The zero-order chi connectivity index (χ0) is 20.6. The van der Waals surface area contributed by atoms with Crippen LogP contribution in [0.15, 0.2) is 52.2 Å². The second-order valence-corrected chi connectivity index (χ2v) is 8.71. The maximum atomic E-state index is 13.2. The van der Waals surface area contributed by atoms with Gasteiger partial charge in [0.25, 0.3) is 15.6 Å². The summed E-state index contributed by atoms with van der Waals surface area (Å²) in [6.45, 7) is 2.88. The van der Waals surface area contributed by atoms with Gasteiger partial charge < -0.3 is 14.0 Å². The number of methoxy groups -OCH3 is 1. The number of hydrogen-bond donors (Lipinski definition) is 1. The predicted octanol–water partition coefficient (Wildman–Crippen LogP) is 3.29. The van der Waals surface area contributed by atoms with Gasteiger partial charge in [0.1, 0.15) is 5.69 Å². The van der Waals surface area contributed by atoms with Crippen molar-refractivity contribution in [1.29, 1.82) is 0 Å². The van der Waals surface area contributed by atoms with Crippen molar-refractivity contribution in [1.82, 2.24) is 4.57 Å². The quantitative estimate of drug-likeness (QED) is 0.708. The van der Waals surface area contributed by atoms with Gasteiger partial charge in [-0.3, -0.25) is 9.52 Å². The van der Waals surface area contributed by atoms with Crippen LogP contribution in [0.1, 0.15) is 18.4 Å². The molecule has 0 atom stereocenters. The van der Waals surface area contributed by atoms with E-state index in [1.807, 2.05) is 6.92 Å². The largest absolute Gasteiger partial charge is 0.493 e. The summed E-state index contributed by atoms with van der Waals surface area (Å²) in [5, 5.41) is 0.698. The Morgan fingerprint density at radius 2 is 1.86 bits per heavy atom. The van der Waals surface area contributed by atoms with Gasteiger partial charge in [-0.25, -0.2) is 8.42 Å². The summed E-state index contributed by atoms with van der Waals surface area (Å²) >= 11 is 0. The fourth-order valence-corrected chi connectivity index (χ4v) is 4.53. The van der Waals surface area contributed by atoms with Crippen molar-refractivity contribution in [2.45, 2.75) is 31.2 Å². The number of nitrogens with zero attached hydrogens (tertiary/aromatic N) is 1. The summed E-state index contributed by atoms with van der Waals surface area (Å²) in [6, 6.07) is 11.6. The fourth-order valence-electron chi connectivity index (χ4n) is 3.48. The van der Waals surface area contributed by atoms with Crippen LogP contribution >= 0.6 is 0 Å². The molecule has 0 radical (unpaired) electrons. The summed E-state index contributed by atoms with van der Waals surface area (Å²) in [4.78, 5) is 13.3. The van der Waals surface area contributed by atoms with Crippen LogP contribution in [0, 0.1) is 6.92 Å². The molecule has 4 rings (SSSR count).